The maximum Gasteiger partial charge on any atom is 0.0372 e. The smallest absolute Gasteiger partial charge is 0.0372 e. The normalized spacial score (nSPS) is 22.9. The molecule has 2 rings (SSSR count). The molecule has 1 aliphatic rings. The Morgan fingerprint density at radius 3 is 3.07 bits per heavy atom. The first-order valence-electron chi connectivity index (χ1n) is 5.61. The minimum Gasteiger partial charge on any atom is -0.312 e. The zero-order valence-corrected chi connectivity index (χ0v) is 9.53. The fraction of sp³-hybridized carbons (Fsp3) is 0.583. The van der Waals surface area contributed by atoms with E-state index in [1.54, 1.807) is 0 Å². The largest absolute Gasteiger partial charge is 0.312 e. The molecule has 1 fully saturated rings. The van der Waals surface area contributed by atoms with Crippen LogP contribution in [0.2, 0.25) is 0 Å². The summed E-state index contributed by atoms with van der Waals surface area (Å²) >= 11 is 0. The lowest BCUT2D eigenvalue weighted by Gasteiger charge is -2.31. The van der Waals surface area contributed by atoms with Gasteiger partial charge in [-0.3, -0.25) is 9.88 Å². The zero-order valence-electron chi connectivity index (χ0n) is 9.53. The van der Waals surface area contributed by atoms with Crippen LogP contribution in [0.3, 0.4) is 0 Å². The maximum atomic E-state index is 4.32. The summed E-state index contributed by atoms with van der Waals surface area (Å²) in [7, 11) is 0. The third-order valence-electron chi connectivity index (χ3n) is 2.83. The van der Waals surface area contributed by atoms with Gasteiger partial charge in [0.15, 0.2) is 0 Å². The summed E-state index contributed by atoms with van der Waals surface area (Å²) in [6, 6.07) is 4.87. The van der Waals surface area contributed by atoms with Gasteiger partial charge in [-0.2, -0.15) is 0 Å². The van der Waals surface area contributed by atoms with E-state index < -0.39 is 0 Å². The maximum absolute atomic E-state index is 4.32. The van der Waals surface area contributed by atoms with E-state index in [-0.39, 0.29) is 0 Å². The highest BCUT2D eigenvalue weighted by molar-refractivity contribution is 5.13. The van der Waals surface area contributed by atoms with Crippen LogP contribution in [0.4, 0.5) is 0 Å². The summed E-state index contributed by atoms with van der Waals surface area (Å²) in [6.07, 6.45) is 1.99. The van der Waals surface area contributed by atoms with Crippen LogP contribution in [-0.2, 0) is 6.54 Å². The van der Waals surface area contributed by atoms with Crippen LogP contribution in [0, 0.1) is 6.92 Å². The molecule has 1 atom stereocenters. The Labute approximate surface area is 91.5 Å². The molecule has 0 aliphatic carbocycles. The van der Waals surface area contributed by atoms with Gasteiger partial charge < -0.3 is 5.32 Å². The van der Waals surface area contributed by atoms with E-state index in [9.17, 15) is 0 Å². The van der Waals surface area contributed by atoms with Gasteiger partial charge in [0.05, 0.1) is 0 Å². The number of pyridine rings is 1. The average molecular weight is 205 g/mol. The highest BCUT2D eigenvalue weighted by Gasteiger charge is 2.15. The molecule has 1 N–H and O–H groups in total. The van der Waals surface area contributed by atoms with Gasteiger partial charge in [-0.25, -0.2) is 0 Å². The first-order chi connectivity index (χ1) is 7.24. The second-order valence-electron chi connectivity index (χ2n) is 4.40. The molecule has 1 unspecified atom stereocenters. The Hall–Kier alpha value is -0.930. The van der Waals surface area contributed by atoms with Gasteiger partial charge >= 0.3 is 0 Å². The van der Waals surface area contributed by atoms with Gasteiger partial charge in [-0.1, -0.05) is 6.07 Å². The monoisotopic (exact) mass is 205 g/mol. The molecule has 2 heterocycles. The third kappa shape index (κ3) is 3.01. The van der Waals surface area contributed by atoms with Crippen molar-refractivity contribution >= 4 is 0 Å². The van der Waals surface area contributed by atoms with Crippen molar-refractivity contribution in [2.24, 2.45) is 0 Å². The van der Waals surface area contributed by atoms with Crippen LogP contribution in [0.1, 0.15) is 18.2 Å². The molecule has 0 radical (unpaired) electrons. The molecule has 1 aromatic rings. The van der Waals surface area contributed by atoms with E-state index in [1.165, 1.54) is 5.56 Å². The number of nitrogens with one attached hydrogen (secondary N) is 1. The Morgan fingerprint density at radius 1 is 1.53 bits per heavy atom. The zero-order chi connectivity index (χ0) is 10.7. The summed E-state index contributed by atoms with van der Waals surface area (Å²) in [5.41, 5.74) is 2.40. The predicted octanol–water partition coefficient (Wildman–Crippen LogP) is 1.18. The molecule has 1 aromatic heterocycles. The Balaban J connectivity index is 1.93. The summed E-state index contributed by atoms with van der Waals surface area (Å²) < 4.78 is 0. The fourth-order valence-corrected chi connectivity index (χ4v) is 2.01. The number of hydrogen-bond donors (Lipinski definition) is 1. The summed E-state index contributed by atoms with van der Waals surface area (Å²) in [5, 5.41) is 3.45. The lowest BCUT2D eigenvalue weighted by atomic mass is 10.2. The van der Waals surface area contributed by atoms with Crippen molar-refractivity contribution in [2.45, 2.75) is 26.4 Å². The molecule has 0 aromatic carbocycles. The standard InChI is InChI=1S/C12H19N3/c1-10-3-4-12(7-14-10)9-15-6-5-13-11(2)8-15/h3-4,7,11,13H,5-6,8-9H2,1-2H3. The molecule has 82 valence electrons. The highest BCUT2D eigenvalue weighted by Crippen LogP contribution is 2.07. The number of aromatic nitrogens is 1. The molecule has 0 spiro atoms. The molecule has 1 aliphatic heterocycles. The molecular formula is C12H19N3. The van der Waals surface area contributed by atoms with Crippen molar-refractivity contribution in [2.75, 3.05) is 19.6 Å². The van der Waals surface area contributed by atoms with E-state index in [0.29, 0.717) is 6.04 Å². The van der Waals surface area contributed by atoms with Gasteiger partial charge in [-0.05, 0) is 25.5 Å². The molecule has 0 saturated carbocycles. The molecule has 3 nitrogen and oxygen atoms in total. The van der Waals surface area contributed by atoms with Crippen LogP contribution >= 0.6 is 0 Å². The van der Waals surface area contributed by atoms with E-state index in [4.69, 9.17) is 0 Å². The first-order valence-corrected chi connectivity index (χ1v) is 5.61. The highest BCUT2D eigenvalue weighted by atomic mass is 15.2. The van der Waals surface area contributed by atoms with Crippen LogP contribution in [0.25, 0.3) is 0 Å². The molecule has 0 amide bonds. The van der Waals surface area contributed by atoms with E-state index in [1.807, 2.05) is 13.1 Å². The van der Waals surface area contributed by atoms with Gasteiger partial charge in [0.2, 0.25) is 0 Å². The number of aryl methyl sites for hydroxylation is 1. The minimum absolute atomic E-state index is 0.608. The Kier molecular flexibility index (Phi) is 3.34. The van der Waals surface area contributed by atoms with Crippen molar-refractivity contribution in [3.8, 4) is 0 Å². The second-order valence-corrected chi connectivity index (χ2v) is 4.40. The van der Waals surface area contributed by atoms with Crippen molar-refractivity contribution in [3.05, 3.63) is 29.6 Å². The van der Waals surface area contributed by atoms with Crippen molar-refractivity contribution in [3.63, 3.8) is 0 Å². The SMILES string of the molecule is Cc1ccc(CN2CCNC(C)C2)cn1. The van der Waals surface area contributed by atoms with Crippen molar-refractivity contribution in [1.29, 1.82) is 0 Å². The fourth-order valence-electron chi connectivity index (χ4n) is 2.01. The van der Waals surface area contributed by atoms with Crippen LogP contribution in [0.15, 0.2) is 18.3 Å². The molecule has 1 saturated heterocycles. The lowest BCUT2D eigenvalue weighted by Crippen LogP contribution is -2.48. The quantitative estimate of drug-likeness (QED) is 0.786. The minimum atomic E-state index is 0.608. The van der Waals surface area contributed by atoms with E-state index >= 15 is 0 Å². The van der Waals surface area contributed by atoms with Gasteiger partial charge in [0.1, 0.15) is 0 Å². The second kappa shape index (κ2) is 4.73. The van der Waals surface area contributed by atoms with Gasteiger partial charge in [-0.15, -0.1) is 0 Å². The average Bonchev–Trinajstić information content (AvgIpc) is 2.22. The topological polar surface area (TPSA) is 28.2 Å². The molecular weight excluding hydrogens is 186 g/mol. The van der Waals surface area contributed by atoms with Crippen LogP contribution in [-0.4, -0.2) is 35.6 Å². The number of nitrogens with zero attached hydrogens (tertiary/aromatic N) is 2. The predicted molar refractivity (Wildman–Crippen MR) is 61.7 cm³/mol. The Morgan fingerprint density at radius 2 is 2.40 bits per heavy atom. The van der Waals surface area contributed by atoms with Crippen LogP contribution in [0.5, 0.6) is 0 Å². The third-order valence-corrected chi connectivity index (χ3v) is 2.83. The van der Waals surface area contributed by atoms with E-state index in [0.717, 1.165) is 31.9 Å². The number of hydrogen-bond acceptors (Lipinski definition) is 3. The van der Waals surface area contributed by atoms with Crippen molar-refractivity contribution < 1.29 is 0 Å². The first kappa shape index (κ1) is 10.6. The van der Waals surface area contributed by atoms with Crippen LogP contribution < -0.4 is 5.32 Å². The van der Waals surface area contributed by atoms with E-state index in [2.05, 4.69) is 34.3 Å². The molecule has 3 heteroatoms. The summed E-state index contributed by atoms with van der Waals surface area (Å²) in [5.74, 6) is 0. The van der Waals surface area contributed by atoms with Gasteiger partial charge in [0, 0.05) is 44.1 Å². The molecule has 15 heavy (non-hydrogen) atoms. The number of rotatable bonds is 2. The van der Waals surface area contributed by atoms with Gasteiger partial charge in [0.25, 0.3) is 0 Å². The lowest BCUT2D eigenvalue weighted by molar-refractivity contribution is 0.199. The summed E-state index contributed by atoms with van der Waals surface area (Å²) in [6.45, 7) is 8.65. The Bertz CT molecular complexity index is 307. The molecule has 0 bridgehead atoms. The number of piperazine rings is 1. The van der Waals surface area contributed by atoms with Crippen molar-refractivity contribution in [1.82, 2.24) is 15.2 Å². The summed E-state index contributed by atoms with van der Waals surface area (Å²) in [4.78, 5) is 6.80.